The standard InChI is InChI=1S/C17H19F3O4/c1-10-7-6-8-11(2)13(10)15(22)23-9-16(4,5)24-14(21)12(3)17(18,19)20/h6-8H,3,9H2,1-2,4-5H3. The highest BCUT2D eigenvalue weighted by Gasteiger charge is 2.40. The van der Waals surface area contributed by atoms with E-state index in [1.807, 2.05) is 0 Å². The molecule has 1 rings (SSSR count). The van der Waals surface area contributed by atoms with Crippen LogP contribution in [0.1, 0.15) is 35.3 Å². The Morgan fingerprint density at radius 3 is 2.08 bits per heavy atom. The third kappa shape index (κ3) is 5.11. The van der Waals surface area contributed by atoms with Crippen LogP contribution in [0, 0.1) is 13.8 Å². The molecule has 0 spiro atoms. The van der Waals surface area contributed by atoms with E-state index in [1.54, 1.807) is 32.0 Å². The molecule has 7 heteroatoms. The molecule has 0 saturated heterocycles. The van der Waals surface area contributed by atoms with Gasteiger partial charge in [-0.1, -0.05) is 24.8 Å². The fourth-order valence-corrected chi connectivity index (χ4v) is 1.91. The maximum atomic E-state index is 12.4. The van der Waals surface area contributed by atoms with Gasteiger partial charge in [0.05, 0.1) is 5.56 Å². The molecule has 0 bridgehead atoms. The van der Waals surface area contributed by atoms with Gasteiger partial charge < -0.3 is 9.47 Å². The van der Waals surface area contributed by atoms with Crippen molar-refractivity contribution in [1.82, 2.24) is 0 Å². The van der Waals surface area contributed by atoms with Crippen molar-refractivity contribution in [3.8, 4) is 0 Å². The van der Waals surface area contributed by atoms with E-state index >= 15 is 0 Å². The first-order chi connectivity index (χ1) is 10.8. The van der Waals surface area contributed by atoms with Gasteiger partial charge in [0.1, 0.15) is 17.8 Å². The molecule has 0 radical (unpaired) electrons. The quantitative estimate of drug-likeness (QED) is 0.600. The summed E-state index contributed by atoms with van der Waals surface area (Å²) in [5.74, 6) is -2.24. The summed E-state index contributed by atoms with van der Waals surface area (Å²) in [6.45, 7) is 8.43. The van der Waals surface area contributed by atoms with E-state index in [0.29, 0.717) is 16.7 Å². The van der Waals surface area contributed by atoms with Gasteiger partial charge >= 0.3 is 18.1 Å². The lowest BCUT2D eigenvalue weighted by atomic mass is 10.0. The molecule has 0 saturated carbocycles. The lowest BCUT2D eigenvalue weighted by molar-refractivity contribution is -0.165. The lowest BCUT2D eigenvalue weighted by Gasteiger charge is -2.25. The van der Waals surface area contributed by atoms with Crippen LogP contribution in [0.15, 0.2) is 30.4 Å². The van der Waals surface area contributed by atoms with E-state index < -0.39 is 35.9 Å². The second-order valence-corrected chi connectivity index (χ2v) is 5.97. The van der Waals surface area contributed by atoms with E-state index in [-0.39, 0.29) is 0 Å². The molecule has 0 fully saturated rings. The zero-order valence-electron chi connectivity index (χ0n) is 13.9. The first-order valence-corrected chi connectivity index (χ1v) is 7.08. The number of esters is 2. The summed E-state index contributed by atoms with van der Waals surface area (Å²) in [6.07, 6.45) is -4.87. The van der Waals surface area contributed by atoms with Crippen LogP contribution in [0.3, 0.4) is 0 Å². The van der Waals surface area contributed by atoms with Crippen LogP contribution < -0.4 is 0 Å². The van der Waals surface area contributed by atoms with Crippen molar-refractivity contribution in [3.63, 3.8) is 0 Å². The second-order valence-electron chi connectivity index (χ2n) is 5.97. The first-order valence-electron chi connectivity index (χ1n) is 7.08. The minimum atomic E-state index is -4.87. The van der Waals surface area contributed by atoms with Crippen molar-refractivity contribution < 1.29 is 32.2 Å². The number of carbonyl (C=O) groups is 2. The SMILES string of the molecule is C=C(C(=O)OC(C)(C)COC(=O)c1c(C)cccc1C)C(F)(F)F. The maximum Gasteiger partial charge on any atom is 0.422 e. The van der Waals surface area contributed by atoms with Crippen molar-refractivity contribution in [3.05, 3.63) is 47.0 Å². The van der Waals surface area contributed by atoms with Crippen LogP contribution in [0.2, 0.25) is 0 Å². The Morgan fingerprint density at radius 1 is 1.12 bits per heavy atom. The number of hydrogen-bond acceptors (Lipinski definition) is 4. The van der Waals surface area contributed by atoms with Crippen molar-refractivity contribution in [2.45, 2.75) is 39.5 Å². The molecule has 4 nitrogen and oxygen atoms in total. The molecule has 0 unspecified atom stereocenters. The highest BCUT2D eigenvalue weighted by Crippen LogP contribution is 2.26. The molecular weight excluding hydrogens is 325 g/mol. The van der Waals surface area contributed by atoms with E-state index in [0.717, 1.165) is 0 Å². The van der Waals surface area contributed by atoms with Crippen molar-refractivity contribution in [2.75, 3.05) is 6.61 Å². The van der Waals surface area contributed by atoms with Gasteiger partial charge in [-0.15, -0.1) is 0 Å². The molecule has 24 heavy (non-hydrogen) atoms. The van der Waals surface area contributed by atoms with Crippen LogP contribution in [0.4, 0.5) is 13.2 Å². The van der Waals surface area contributed by atoms with Gasteiger partial charge in [-0.2, -0.15) is 13.2 Å². The van der Waals surface area contributed by atoms with Gasteiger partial charge in [0.25, 0.3) is 0 Å². The number of halogens is 3. The fraction of sp³-hybridized carbons (Fsp3) is 0.412. The lowest BCUT2D eigenvalue weighted by Crippen LogP contribution is -2.36. The Labute approximate surface area is 138 Å². The summed E-state index contributed by atoms with van der Waals surface area (Å²) in [6, 6.07) is 5.26. The van der Waals surface area contributed by atoms with E-state index in [1.165, 1.54) is 13.8 Å². The molecular formula is C17H19F3O4. The highest BCUT2D eigenvalue weighted by molar-refractivity contribution is 5.92. The number of alkyl halides is 3. The third-order valence-electron chi connectivity index (χ3n) is 3.19. The average Bonchev–Trinajstić information content (AvgIpc) is 2.42. The number of aryl methyl sites for hydroxylation is 2. The largest absolute Gasteiger partial charge is 0.458 e. The second kappa shape index (κ2) is 7.07. The van der Waals surface area contributed by atoms with Crippen LogP contribution in [-0.2, 0) is 14.3 Å². The monoisotopic (exact) mass is 344 g/mol. The molecule has 132 valence electrons. The predicted octanol–water partition coefficient (Wildman–Crippen LogP) is 3.90. The van der Waals surface area contributed by atoms with E-state index in [2.05, 4.69) is 6.58 Å². The zero-order valence-corrected chi connectivity index (χ0v) is 13.9. The Kier molecular flexibility index (Phi) is 5.81. The summed E-state index contributed by atoms with van der Waals surface area (Å²) in [4.78, 5) is 23.6. The molecule has 0 atom stereocenters. The summed E-state index contributed by atoms with van der Waals surface area (Å²) in [5.41, 5.74) is -1.26. The van der Waals surface area contributed by atoms with Crippen molar-refractivity contribution in [1.29, 1.82) is 0 Å². The Balaban J connectivity index is 2.73. The molecule has 0 aromatic heterocycles. The van der Waals surface area contributed by atoms with Gasteiger partial charge in [-0.3, -0.25) is 0 Å². The van der Waals surface area contributed by atoms with Crippen LogP contribution in [0.5, 0.6) is 0 Å². The maximum absolute atomic E-state index is 12.4. The molecule has 0 aliphatic rings. The predicted molar refractivity (Wildman–Crippen MR) is 81.6 cm³/mol. The van der Waals surface area contributed by atoms with Gasteiger partial charge in [-0.25, -0.2) is 9.59 Å². The minimum Gasteiger partial charge on any atom is -0.458 e. The van der Waals surface area contributed by atoms with Gasteiger partial charge in [0, 0.05) is 0 Å². The van der Waals surface area contributed by atoms with Crippen molar-refractivity contribution >= 4 is 11.9 Å². The molecule has 0 aliphatic heterocycles. The molecule has 0 N–H and O–H groups in total. The van der Waals surface area contributed by atoms with Crippen molar-refractivity contribution in [2.24, 2.45) is 0 Å². The van der Waals surface area contributed by atoms with Gasteiger partial charge in [0.15, 0.2) is 0 Å². The topological polar surface area (TPSA) is 52.6 Å². The highest BCUT2D eigenvalue weighted by atomic mass is 19.4. The van der Waals surface area contributed by atoms with Gasteiger partial charge in [0.2, 0.25) is 0 Å². The number of hydrogen-bond donors (Lipinski definition) is 0. The van der Waals surface area contributed by atoms with Crippen LogP contribution in [-0.4, -0.2) is 30.3 Å². The average molecular weight is 344 g/mol. The molecule has 0 aliphatic carbocycles. The van der Waals surface area contributed by atoms with Crippen LogP contribution >= 0.6 is 0 Å². The number of carbonyl (C=O) groups excluding carboxylic acids is 2. The zero-order chi connectivity index (χ0) is 18.7. The fourth-order valence-electron chi connectivity index (χ4n) is 1.91. The number of ether oxygens (including phenoxy) is 2. The Hall–Kier alpha value is -2.31. The summed E-state index contributed by atoms with van der Waals surface area (Å²) in [7, 11) is 0. The number of benzene rings is 1. The summed E-state index contributed by atoms with van der Waals surface area (Å²) >= 11 is 0. The molecule has 0 amide bonds. The summed E-state index contributed by atoms with van der Waals surface area (Å²) < 4.78 is 47.1. The third-order valence-corrected chi connectivity index (χ3v) is 3.19. The first kappa shape index (κ1) is 19.7. The Morgan fingerprint density at radius 2 is 1.62 bits per heavy atom. The molecule has 1 aromatic carbocycles. The Bertz CT molecular complexity index is 640. The molecule has 0 heterocycles. The van der Waals surface area contributed by atoms with E-state index in [4.69, 9.17) is 9.47 Å². The van der Waals surface area contributed by atoms with Gasteiger partial charge in [-0.05, 0) is 38.8 Å². The molecule has 1 aromatic rings. The smallest absolute Gasteiger partial charge is 0.422 e. The minimum absolute atomic E-state index is 0.374. The van der Waals surface area contributed by atoms with E-state index in [9.17, 15) is 22.8 Å². The van der Waals surface area contributed by atoms with Crippen LogP contribution in [0.25, 0.3) is 0 Å². The summed E-state index contributed by atoms with van der Waals surface area (Å²) in [5, 5.41) is 0. The number of rotatable bonds is 5. The normalized spacial score (nSPS) is 11.8.